The number of aromatic nitrogens is 7. The topological polar surface area (TPSA) is 94.3 Å². The molecule has 8 nitrogen and oxygen atoms in total. The third-order valence-electron chi connectivity index (χ3n) is 8.31. The molecule has 5 rings (SSSR count). The Morgan fingerprint density at radius 2 is 1.76 bits per heavy atom. The first-order valence-corrected chi connectivity index (χ1v) is 14.2. The van der Waals surface area contributed by atoms with E-state index in [9.17, 15) is 4.79 Å². The van der Waals surface area contributed by atoms with Gasteiger partial charge in [0, 0.05) is 35.3 Å². The van der Waals surface area contributed by atoms with Crippen LogP contribution in [0.1, 0.15) is 83.0 Å². The third kappa shape index (κ3) is 5.22. The van der Waals surface area contributed by atoms with Crippen LogP contribution in [-0.4, -0.2) is 34.7 Å². The average molecular weight is 514 g/mol. The number of tetrazole rings is 1. The summed E-state index contributed by atoms with van der Waals surface area (Å²) >= 11 is 0. The lowest BCUT2D eigenvalue weighted by atomic mass is 9.74. The third-order valence-corrected chi connectivity index (χ3v) is 8.31. The molecule has 1 fully saturated rings. The second-order valence-corrected chi connectivity index (χ2v) is 10.6. The smallest absolute Gasteiger partial charge is 0.295 e. The van der Waals surface area contributed by atoms with Gasteiger partial charge in [0.05, 0.1) is 12.2 Å². The zero-order valence-corrected chi connectivity index (χ0v) is 22.8. The number of aromatic amines is 1. The van der Waals surface area contributed by atoms with Gasteiger partial charge in [-0.1, -0.05) is 76.8 Å². The van der Waals surface area contributed by atoms with Gasteiger partial charge >= 0.3 is 5.69 Å². The maximum atomic E-state index is 13.9. The lowest BCUT2D eigenvalue weighted by Gasteiger charge is -2.38. The van der Waals surface area contributed by atoms with Crippen LogP contribution in [0, 0.1) is 11.8 Å². The summed E-state index contributed by atoms with van der Waals surface area (Å²) in [6.45, 7) is 7.29. The summed E-state index contributed by atoms with van der Waals surface area (Å²) in [5.74, 6) is 1.68. The Labute approximate surface area is 224 Å². The summed E-state index contributed by atoms with van der Waals surface area (Å²) in [6.07, 6.45) is 13.1. The normalized spacial score (nSPS) is 19.6. The Hall–Kier alpha value is -3.55. The maximum absolute atomic E-state index is 13.9. The lowest BCUT2D eigenvalue weighted by molar-refractivity contribution is 0.145. The van der Waals surface area contributed by atoms with Gasteiger partial charge in [-0.3, -0.25) is 14.1 Å². The van der Waals surface area contributed by atoms with Gasteiger partial charge in [-0.25, -0.2) is 4.79 Å². The Morgan fingerprint density at radius 3 is 2.39 bits per heavy atom. The molecule has 200 valence electrons. The van der Waals surface area contributed by atoms with Crippen molar-refractivity contribution in [1.29, 1.82) is 0 Å². The highest BCUT2D eigenvalue weighted by molar-refractivity contribution is 5.78. The molecule has 1 aliphatic carbocycles. The molecule has 8 heteroatoms. The monoisotopic (exact) mass is 513 g/mol. The molecule has 38 heavy (non-hydrogen) atoms. The number of pyridine rings is 1. The van der Waals surface area contributed by atoms with Crippen molar-refractivity contribution in [3.63, 3.8) is 0 Å². The summed E-state index contributed by atoms with van der Waals surface area (Å²) in [5.41, 5.74) is 4.95. The molecule has 0 amide bonds. The van der Waals surface area contributed by atoms with Gasteiger partial charge in [0.2, 0.25) is 5.82 Å². The molecule has 0 saturated heterocycles. The number of nitrogens with one attached hydrogen (secondary N) is 1. The first kappa shape index (κ1) is 26.1. The van der Waals surface area contributed by atoms with Crippen molar-refractivity contribution in [2.75, 3.05) is 0 Å². The summed E-state index contributed by atoms with van der Waals surface area (Å²) in [5, 5.41) is 14.5. The second kappa shape index (κ2) is 11.9. The predicted molar refractivity (Wildman–Crippen MR) is 150 cm³/mol. The fraction of sp³-hybridized carbons (Fsp3) is 0.500. The molecule has 0 aliphatic heterocycles. The van der Waals surface area contributed by atoms with E-state index in [0.29, 0.717) is 30.2 Å². The van der Waals surface area contributed by atoms with Gasteiger partial charge in [-0.15, -0.1) is 10.2 Å². The van der Waals surface area contributed by atoms with Crippen molar-refractivity contribution in [3.8, 4) is 22.6 Å². The second-order valence-electron chi connectivity index (χ2n) is 10.6. The number of H-pyrrole nitrogens is 1. The summed E-state index contributed by atoms with van der Waals surface area (Å²) in [6, 6.07) is 12.3. The predicted octanol–water partition coefficient (Wildman–Crippen LogP) is 6.06. The van der Waals surface area contributed by atoms with Crippen LogP contribution in [0.25, 0.3) is 22.6 Å². The number of hydrogen-bond acceptors (Lipinski definition) is 5. The Bertz CT molecular complexity index is 1360. The summed E-state index contributed by atoms with van der Waals surface area (Å²) in [7, 11) is 0. The summed E-state index contributed by atoms with van der Waals surface area (Å²) < 4.78 is 4.10. The first-order chi connectivity index (χ1) is 18.6. The fourth-order valence-corrected chi connectivity index (χ4v) is 6.24. The van der Waals surface area contributed by atoms with Crippen molar-refractivity contribution in [3.05, 3.63) is 70.5 Å². The van der Waals surface area contributed by atoms with Crippen LogP contribution >= 0.6 is 0 Å². The maximum Gasteiger partial charge on any atom is 0.328 e. The van der Waals surface area contributed by atoms with E-state index in [4.69, 9.17) is 4.98 Å². The van der Waals surface area contributed by atoms with Crippen molar-refractivity contribution >= 4 is 0 Å². The zero-order valence-electron chi connectivity index (χ0n) is 22.8. The van der Waals surface area contributed by atoms with Crippen LogP contribution in [0.4, 0.5) is 0 Å². The van der Waals surface area contributed by atoms with Crippen molar-refractivity contribution in [1.82, 2.24) is 34.7 Å². The average Bonchev–Trinajstić information content (AvgIpc) is 3.61. The van der Waals surface area contributed by atoms with E-state index in [-0.39, 0.29) is 5.69 Å². The van der Waals surface area contributed by atoms with Crippen molar-refractivity contribution < 1.29 is 0 Å². The number of benzene rings is 1. The molecule has 3 aromatic heterocycles. The quantitative estimate of drug-likeness (QED) is 0.278. The number of imidazole rings is 1. The molecule has 1 aliphatic rings. The minimum Gasteiger partial charge on any atom is -0.295 e. The molecule has 0 radical (unpaired) electrons. The SMILES string of the molecule is CCCCc1cn(C2C(CC)CCCC2CC)c(=O)n1Cc1ccc(-c2ccccc2-c2nn[nH]n2)nc1. The Kier molecular flexibility index (Phi) is 8.15. The Balaban J connectivity index is 1.46. The van der Waals surface area contributed by atoms with Crippen LogP contribution in [0.3, 0.4) is 0 Å². The molecular weight excluding hydrogens is 474 g/mol. The zero-order chi connectivity index (χ0) is 26.5. The number of hydrogen-bond donors (Lipinski definition) is 1. The molecule has 2 unspecified atom stereocenters. The first-order valence-electron chi connectivity index (χ1n) is 14.2. The minimum atomic E-state index is 0.131. The van der Waals surface area contributed by atoms with Gasteiger partial charge in [0.25, 0.3) is 0 Å². The van der Waals surface area contributed by atoms with Gasteiger partial charge < -0.3 is 0 Å². The van der Waals surface area contributed by atoms with Gasteiger partial charge in [0.1, 0.15) is 0 Å². The van der Waals surface area contributed by atoms with E-state index in [2.05, 4.69) is 58.2 Å². The molecule has 1 N–H and O–H groups in total. The van der Waals surface area contributed by atoms with Gasteiger partial charge in [0.15, 0.2) is 0 Å². The van der Waals surface area contributed by atoms with Gasteiger partial charge in [-0.2, -0.15) is 5.21 Å². The number of nitrogens with zero attached hydrogens (tertiary/aromatic N) is 6. The highest BCUT2D eigenvalue weighted by Gasteiger charge is 2.34. The molecule has 4 aromatic rings. The van der Waals surface area contributed by atoms with E-state index in [1.165, 1.54) is 19.3 Å². The van der Waals surface area contributed by atoms with E-state index >= 15 is 0 Å². The standard InChI is InChI=1S/C30H39N7O/c1-4-7-13-24-20-37(28-22(5-2)11-10-12-23(28)6-3)30(38)36(24)19-21-16-17-27(31-18-21)25-14-8-9-15-26(25)29-32-34-35-33-29/h8-9,14-18,20,22-23,28H,4-7,10-13,19H2,1-3H3,(H,32,33,34,35). The van der Waals surface area contributed by atoms with Crippen LogP contribution in [0.2, 0.25) is 0 Å². The van der Waals surface area contributed by atoms with Gasteiger partial charge in [-0.05, 0) is 54.4 Å². The number of aryl methyl sites for hydroxylation is 1. The largest absolute Gasteiger partial charge is 0.328 e. The minimum absolute atomic E-state index is 0.131. The molecule has 3 heterocycles. The molecule has 1 saturated carbocycles. The van der Waals surface area contributed by atoms with Crippen LogP contribution < -0.4 is 5.69 Å². The molecule has 0 spiro atoms. The van der Waals surface area contributed by atoms with E-state index in [0.717, 1.165) is 60.2 Å². The van der Waals surface area contributed by atoms with E-state index in [1.54, 1.807) is 0 Å². The van der Waals surface area contributed by atoms with Crippen LogP contribution in [0.5, 0.6) is 0 Å². The van der Waals surface area contributed by atoms with E-state index < -0.39 is 0 Å². The molecule has 1 aromatic carbocycles. The highest BCUT2D eigenvalue weighted by atomic mass is 16.1. The summed E-state index contributed by atoms with van der Waals surface area (Å²) in [4.78, 5) is 18.7. The number of unbranched alkanes of at least 4 members (excludes halogenated alkanes) is 1. The van der Waals surface area contributed by atoms with Crippen LogP contribution in [0.15, 0.2) is 53.6 Å². The molecular formula is C30H39N7O. The van der Waals surface area contributed by atoms with Crippen LogP contribution in [-0.2, 0) is 13.0 Å². The molecule has 2 atom stereocenters. The lowest BCUT2D eigenvalue weighted by Crippen LogP contribution is -2.37. The number of rotatable bonds is 10. The van der Waals surface area contributed by atoms with E-state index in [1.807, 2.05) is 41.1 Å². The molecule has 0 bridgehead atoms. The highest BCUT2D eigenvalue weighted by Crippen LogP contribution is 2.41. The van der Waals surface area contributed by atoms with Crippen molar-refractivity contribution in [2.45, 2.75) is 84.7 Å². The van der Waals surface area contributed by atoms with Crippen molar-refractivity contribution in [2.24, 2.45) is 11.8 Å². The Morgan fingerprint density at radius 1 is 1.00 bits per heavy atom. The fourth-order valence-electron chi connectivity index (χ4n) is 6.24.